The topological polar surface area (TPSA) is 51.2 Å². The van der Waals surface area contributed by atoms with Gasteiger partial charge in [0.05, 0.1) is 4.91 Å². The summed E-state index contributed by atoms with van der Waals surface area (Å²) in [6.07, 6.45) is 4.33. The van der Waals surface area contributed by atoms with E-state index in [2.05, 4.69) is 0 Å². The zero-order chi connectivity index (χ0) is 9.47. The van der Waals surface area contributed by atoms with Crippen LogP contribution < -0.4 is 0 Å². The number of thioether (sulfide) groups is 1. The van der Waals surface area contributed by atoms with Crippen LogP contribution in [0.25, 0.3) is 0 Å². The molecular weight excluding hydrogens is 208 g/mol. The molecule has 0 fully saturated rings. The van der Waals surface area contributed by atoms with Crippen LogP contribution in [-0.4, -0.2) is 25.7 Å². The molecule has 0 amide bonds. The Morgan fingerprint density at radius 3 is 2.92 bits per heavy atom. The van der Waals surface area contributed by atoms with E-state index in [4.69, 9.17) is 0 Å². The minimum Gasteiger partial charge on any atom is -0.302 e. The molecule has 0 saturated carbocycles. The Hall–Kier alpha value is -0.550. The summed E-state index contributed by atoms with van der Waals surface area (Å²) in [4.78, 5) is 11.7. The van der Waals surface area contributed by atoms with Crippen molar-refractivity contribution in [1.29, 1.82) is 0 Å². The van der Waals surface area contributed by atoms with Crippen LogP contribution in [0.5, 0.6) is 0 Å². The zero-order valence-electron chi connectivity index (χ0n) is 6.76. The fourth-order valence-corrected chi connectivity index (χ4v) is 4.53. The van der Waals surface area contributed by atoms with Crippen LogP contribution in [-0.2, 0) is 14.6 Å². The largest absolute Gasteiger partial charge is 0.302 e. The quantitative estimate of drug-likeness (QED) is 0.611. The van der Waals surface area contributed by atoms with Crippen molar-refractivity contribution in [2.45, 2.75) is 11.7 Å². The molecule has 0 spiro atoms. The minimum atomic E-state index is -3.33. The van der Waals surface area contributed by atoms with E-state index in [1.54, 1.807) is 6.08 Å². The van der Waals surface area contributed by atoms with Crippen molar-refractivity contribution in [3.63, 3.8) is 0 Å². The fraction of sp³-hybridized carbons (Fsp3) is 0.375. The van der Waals surface area contributed by atoms with Crippen molar-refractivity contribution >= 4 is 27.9 Å². The predicted octanol–water partition coefficient (Wildman–Crippen LogP) is 0.887. The van der Waals surface area contributed by atoms with Crippen molar-refractivity contribution in [1.82, 2.24) is 0 Å². The van der Waals surface area contributed by atoms with Crippen molar-refractivity contribution < 1.29 is 13.2 Å². The van der Waals surface area contributed by atoms with Gasteiger partial charge in [0.15, 0.2) is 9.84 Å². The van der Waals surface area contributed by atoms with E-state index in [1.165, 1.54) is 11.8 Å². The first-order chi connectivity index (χ1) is 6.16. The Kier molecular flexibility index (Phi) is 2.08. The number of sulfone groups is 1. The summed E-state index contributed by atoms with van der Waals surface area (Å²) in [5.74, 6) is 0.805. The number of carbonyl (C=O) groups excluding carboxylic acids is 1. The maximum absolute atomic E-state index is 11.6. The maximum Gasteiger partial charge on any atom is 0.189 e. The lowest BCUT2D eigenvalue weighted by atomic mass is 10.3. The number of aldehydes is 1. The molecule has 2 rings (SSSR count). The Balaban J connectivity index is 2.50. The van der Waals surface area contributed by atoms with Crippen molar-refractivity contribution in [2.75, 3.05) is 5.75 Å². The molecule has 0 aromatic rings. The van der Waals surface area contributed by atoms with Gasteiger partial charge in [-0.05, 0) is 6.08 Å². The van der Waals surface area contributed by atoms with E-state index in [9.17, 15) is 13.2 Å². The molecule has 0 radical (unpaired) electrons. The molecular formula is C8H8O3S2. The molecule has 70 valence electrons. The molecule has 1 unspecified atom stereocenters. The standard InChI is InChI=1S/C8H8O3S2/c9-5-6-4-7-8(13(6,10)11)2-1-3-12-7/h1-2,5-6H,3-4H2. The molecule has 0 aliphatic carbocycles. The Labute approximate surface area is 80.8 Å². The van der Waals surface area contributed by atoms with E-state index >= 15 is 0 Å². The summed E-state index contributed by atoms with van der Waals surface area (Å²) in [7, 11) is -3.33. The van der Waals surface area contributed by atoms with Gasteiger partial charge >= 0.3 is 0 Å². The van der Waals surface area contributed by atoms with Crippen LogP contribution >= 0.6 is 11.8 Å². The van der Waals surface area contributed by atoms with Crippen LogP contribution in [0.1, 0.15) is 6.42 Å². The molecule has 5 heteroatoms. The average Bonchev–Trinajstić information content (AvgIpc) is 2.39. The van der Waals surface area contributed by atoms with Crippen LogP contribution in [0.4, 0.5) is 0 Å². The van der Waals surface area contributed by atoms with Crippen molar-refractivity contribution in [3.05, 3.63) is 22.0 Å². The molecule has 2 heterocycles. The number of rotatable bonds is 1. The maximum atomic E-state index is 11.6. The van der Waals surface area contributed by atoms with Gasteiger partial charge in [0.1, 0.15) is 11.5 Å². The first-order valence-electron chi connectivity index (χ1n) is 3.88. The zero-order valence-corrected chi connectivity index (χ0v) is 8.40. The summed E-state index contributed by atoms with van der Waals surface area (Å²) in [5, 5.41) is -0.840. The fourth-order valence-electron chi connectivity index (χ4n) is 1.46. The third-order valence-electron chi connectivity index (χ3n) is 2.14. The number of carbonyl (C=O) groups is 1. The number of hydrogen-bond acceptors (Lipinski definition) is 4. The molecule has 0 bridgehead atoms. The third kappa shape index (κ3) is 1.26. The van der Waals surface area contributed by atoms with E-state index in [0.29, 0.717) is 17.6 Å². The Bertz CT molecular complexity index is 403. The SMILES string of the molecule is O=CC1CC2=C(C=CCS2)S1(=O)=O. The lowest BCUT2D eigenvalue weighted by Crippen LogP contribution is -2.17. The predicted molar refractivity (Wildman–Crippen MR) is 52.0 cm³/mol. The van der Waals surface area contributed by atoms with Crippen LogP contribution in [0.15, 0.2) is 22.0 Å². The molecule has 3 nitrogen and oxygen atoms in total. The molecule has 1 atom stereocenters. The van der Waals surface area contributed by atoms with Gasteiger partial charge in [0.2, 0.25) is 0 Å². The minimum absolute atomic E-state index is 0.362. The van der Waals surface area contributed by atoms with Gasteiger partial charge in [0, 0.05) is 17.1 Å². The molecule has 0 N–H and O–H groups in total. The molecule has 13 heavy (non-hydrogen) atoms. The summed E-state index contributed by atoms with van der Waals surface area (Å²) < 4.78 is 23.2. The molecule has 0 aromatic carbocycles. The lowest BCUT2D eigenvalue weighted by Gasteiger charge is -2.04. The normalized spacial score (nSPS) is 30.3. The van der Waals surface area contributed by atoms with Crippen molar-refractivity contribution in [2.24, 2.45) is 0 Å². The monoisotopic (exact) mass is 216 g/mol. The van der Waals surface area contributed by atoms with E-state index < -0.39 is 15.1 Å². The highest BCUT2D eigenvalue weighted by Gasteiger charge is 2.38. The van der Waals surface area contributed by atoms with E-state index in [1.807, 2.05) is 6.08 Å². The smallest absolute Gasteiger partial charge is 0.189 e. The highest BCUT2D eigenvalue weighted by atomic mass is 32.2. The van der Waals surface area contributed by atoms with Gasteiger partial charge in [-0.25, -0.2) is 8.42 Å². The highest BCUT2D eigenvalue weighted by Crippen LogP contribution is 2.40. The Morgan fingerprint density at radius 1 is 1.54 bits per heavy atom. The van der Waals surface area contributed by atoms with Gasteiger partial charge in [-0.1, -0.05) is 6.08 Å². The summed E-state index contributed by atoms with van der Waals surface area (Å²) in [5.41, 5.74) is 0. The number of hydrogen-bond donors (Lipinski definition) is 0. The molecule has 2 aliphatic rings. The van der Waals surface area contributed by atoms with Gasteiger partial charge in [0.25, 0.3) is 0 Å². The average molecular weight is 216 g/mol. The first kappa shape index (κ1) is 9.02. The lowest BCUT2D eigenvalue weighted by molar-refractivity contribution is -0.107. The number of allylic oxidation sites excluding steroid dienone is 2. The van der Waals surface area contributed by atoms with Crippen molar-refractivity contribution in [3.8, 4) is 0 Å². The second-order valence-corrected chi connectivity index (χ2v) is 6.17. The van der Waals surface area contributed by atoms with E-state index in [0.717, 1.165) is 10.7 Å². The molecule has 0 aromatic heterocycles. The third-order valence-corrected chi connectivity index (χ3v) is 5.44. The van der Waals surface area contributed by atoms with Gasteiger partial charge in [-0.15, -0.1) is 11.8 Å². The highest BCUT2D eigenvalue weighted by molar-refractivity contribution is 8.05. The van der Waals surface area contributed by atoms with Gasteiger partial charge in [-0.2, -0.15) is 0 Å². The van der Waals surface area contributed by atoms with E-state index in [-0.39, 0.29) is 0 Å². The second kappa shape index (κ2) is 2.99. The summed E-state index contributed by atoms with van der Waals surface area (Å²) >= 11 is 1.51. The van der Waals surface area contributed by atoms with Crippen LogP contribution in [0.3, 0.4) is 0 Å². The van der Waals surface area contributed by atoms with Gasteiger partial charge < -0.3 is 4.79 Å². The summed E-state index contributed by atoms with van der Waals surface area (Å²) in [6.45, 7) is 0. The molecule has 0 saturated heterocycles. The second-order valence-electron chi connectivity index (χ2n) is 2.92. The van der Waals surface area contributed by atoms with Crippen LogP contribution in [0.2, 0.25) is 0 Å². The Morgan fingerprint density at radius 2 is 2.31 bits per heavy atom. The molecule has 2 aliphatic heterocycles. The first-order valence-corrected chi connectivity index (χ1v) is 6.41. The van der Waals surface area contributed by atoms with Crippen LogP contribution in [0, 0.1) is 0 Å². The summed E-state index contributed by atoms with van der Waals surface area (Å²) in [6, 6.07) is 0. The van der Waals surface area contributed by atoms with Gasteiger partial charge in [-0.3, -0.25) is 0 Å².